The Hall–Kier alpha value is -1.97. The van der Waals surface area contributed by atoms with Crippen molar-refractivity contribution in [1.29, 1.82) is 0 Å². The number of nitrogens with zero attached hydrogens (tertiary/aromatic N) is 2. The Kier molecular flexibility index (Phi) is 2.73. The van der Waals surface area contributed by atoms with Crippen LogP contribution in [0.4, 0.5) is 0 Å². The predicted molar refractivity (Wildman–Crippen MR) is 62.6 cm³/mol. The van der Waals surface area contributed by atoms with Crippen LogP contribution in [-0.2, 0) is 4.74 Å². The summed E-state index contributed by atoms with van der Waals surface area (Å²) in [6, 6.07) is 0. The zero-order valence-corrected chi connectivity index (χ0v) is 9.74. The van der Waals surface area contributed by atoms with E-state index in [0.717, 1.165) is 0 Å². The Morgan fingerprint density at radius 2 is 2.32 bits per heavy atom. The number of aliphatic hydroxyl groups is 2. The monoisotopic (exact) mass is 268 g/mol. The first-order valence-electron chi connectivity index (χ1n) is 5.74. The second-order valence-corrected chi connectivity index (χ2v) is 4.35. The number of ether oxygens (including phenoxy) is 1. The minimum atomic E-state index is -0.867. The molecule has 1 fully saturated rings. The molecule has 0 aliphatic carbocycles. The molecule has 2 aromatic heterocycles. The Morgan fingerprint density at radius 1 is 1.53 bits per heavy atom. The molecule has 0 radical (unpaired) electrons. The van der Waals surface area contributed by atoms with Crippen LogP contribution in [0.2, 0.25) is 0 Å². The number of aliphatic hydroxyl groups excluding tert-OH is 2. The largest absolute Gasteiger partial charge is 0.394 e. The molecule has 9 nitrogen and oxygen atoms in total. The van der Waals surface area contributed by atoms with E-state index in [1.54, 1.807) is 0 Å². The van der Waals surface area contributed by atoms with Gasteiger partial charge in [-0.15, -0.1) is 0 Å². The highest BCUT2D eigenvalue weighted by Gasteiger charge is 2.36. The summed E-state index contributed by atoms with van der Waals surface area (Å²) in [7, 11) is 0. The van der Waals surface area contributed by atoms with Crippen molar-refractivity contribution in [1.82, 2.24) is 19.5 Å². The van der Waals surface area contributed by atoms with Gasteiger partial charge in [0, 0.05) is 6.42 Å². The molecule has 4 N–H and O–H groups in total. The van der Waals surface area contributed by atoms with Crippen LogP contribution in [0, 0.1) is 0 Å². The average molecular weight is 268 g/mol. The van der Waals surface area contributed by atoms with E-state index in [2.05, 4.69) is 15.0 Å². The molecule has 0 saturated carbocycles. The lowest BCUT2D eigenvalue weighted by Gasteiger charge is -2.12. The molecule has 1 unspecified atom stereocenters. The molecule has 2 aromatic rings. The van der Waals surface area contributed by atoms with Crippen LogP contribution in [0.25, 0.3) is 11.2 Å². The summed E-state index contributed by atoms with van der Waals surface area (Å²) in [5.41, 5.74) is -0.796. The van der Waals surface area contributed by atoms with Crippen molar-refractivity contribution in [2.75, 3.05) is 6.61 Å². The van der Waals surface area contributed by atoms with E-state index >= 15 is 0 Å². The van der Waals surface area contributed by atoms with Crippen LogP contribution in [0.1, 0.15) is 12.6 Å². The van der Waals surface area contributed by atoms with Crippen molar-refractivity contribution >= 4 is 11.2 Å². The molecule has 0 spiro atoms. The number of hydrogen-bond acceptors (Lipinski definition) is 6. The van der Waals surface area contributed by atoms with E-state index in [4.69, 9.17) is 9.84 Å². The third-order valence-corrected chi connectivity index (χ3v) is 3.18. The van der Waals surface area contributed by atoms with Gasteiger partial charge in [-0.3, -0.25) is 9.78 Å². The van der Waals surface area contributed by atoms with E-state index in [0.29, 0.717) is 0 Å². The number of aromatic nitrogens is 4. The number of H-pyrrole nitrogens is 2. The molecule has 1 aliphatic rings. The first kappa shape index (κ1) is 12.1. The zero-order chi connectivity index (χ0) is 13.6. The fourth-order valence-corrected chi connectivity index (χ4v) is 2.25. The van der Waals surface area contributed by atoms with Gasteiger partial charge in [-0.2, -0.15) is 0 Å². The molecule has 19 heavy (non-hydrogen) atoms. The van der Waals surface area contributed by atoms with Crippen molar-refractivity contribution in [3.05, 3.63) is 27.2 Å². The summed E-state index contributed by atoms with van der Waals surface area (Å²) in [5.74, 6) is 0. The second kappa shape index (κ2) is 4.30. The van der Waals surface area contributed by atoms with Crippen LogP contribution >= 0.6 is 0 Å². The number of nitrogens with one attached hydrogen (secondary N) is 2. The third kappa shape index (κ3) is 1.79. The fourth-order valence-electron chi connectivity index (χ4n) is 2.25. The molecule has 0 aromatic carbocycles. The van der Waals surface area contributed by atoms with Crippen molar-refractivity contribution in [2.45, 2.75) is 24.9 Å². The number of fused-ring (bicyclic) bond motifs is 1. The SMILES string of the molecule is O=c1[nH]cnc2c1[nH]c(=O)n2[C@H]1C[C@@H](O)C(CO)O1. The lowest BCUT2D eigenvalue weighted by molar-refractivity contribution is -0.0441. The van der Waals surface area contributed by atoms with Crippen molar-refractivity contribution in [2.24, 2.45) is 0 Å². The average Bonchev–Trinajstić information content (AvgIpc) is 2.90. The number of imidazole rings is 1. The van der Waals surface area contributed by atoms with Crippen LogP contribution in [0.5, 0.6) is 0 Å². The van der Waals surface area contributed by atoms with Gasteiger partial charge < -0.3 is 19.9 Å². The fraction of sp³-hybridized carbons (Fsp3) is 0.500. The lowest BCUT2D eigenvalue weighted by Crippen LogP contribution is -2.25. The number of rotatable bonds is 2. The van der Waals surface area contributed by atoms with Gasteiger partial charge in [0.2, 0.25) is 0 Å². The van der Waals surface area contributed by atoms with Gasteiger partial charge in [0.15, 0.2) is 11.2 Å². The molecule has 3 rings (SSSR count). The zero-order valence-electron chi connectivity index (χ0n) is 9.74. The first-order chi connectivity index (χ1) is 9.11. The van der Waals surface area contributed by atoms with Crippen molar-refractivity contribution < 1.29 is 14.9 Å². The highest BCUT2D eigenvalue weighted by Crippen LogP contribution is 2.28. The van der Waals surface area contributed by atoms with Crippen molar-refractivity contribution in [3.63, 3.8) is 0 Å². The van der Waals surface area contributed by atoms with Crippen LogP contribution in [-0.4, -0.2) is 48.5 Å². The van der Waals surface area contributed by atoms with Gasteiger partial charge in [0.05, 0.1) is 19.0 Å². The first-order valence-corrected chi connectivity index (χ1v) is 5.74. The molecule has 3 atom stereocenters. The molecule has 102 valence electrons. The minimum absolute atomic E-state index is 0.0537. The van der Waals surface area contributed by atoms with Gasteiger partial charge in [-0.25, -0.2) is 14.3 Å². The van der Waals surface area contributed by atoms with Gasteiger partial charge in [-0.1, -0.05) is 0 Å². The number of hydrogen-bond donors (Lipinski definition) is 4. The summed E-state index contributed by atoms with van der Waals surface area (Å²) >= 11 is 0. The molecular formula is C10H12N4O5. The maximum absolute atomic E-state index is 11.9. The quantitative estimate of drug-likeness (QED) is 0.500. The summed E-state index contributed by atoms with van der Waals surface area (Å²) in [6.45, 7) is -0.344. The van der Waals surface area contributed by atoms with Crippen LogP contribution in [0.15, 0.2) is 15.9 Å². The van der Waals surface area contributed by atoms with Gasteiger partial charge in [0.25, 0.3) is 5.56 Å². The predicted octanol–water partition coefficient (Wildman–Crippen LogP) is -1.95. The Labute approximate surface area is 105 Å². The molecule has 9 heteroatoms. The van der Waals surface area contributed by atoms with E-state index in [9.17, 15) is 14.7 Å². The third-order valence-electron chi connectivity index (χ3n) is 3.18. The molecule has 0 bridgehead atoms. The molecule has 1 saturated heterocycles. The van der Waals surface area contributed by atoms with Gasteiger partial charge >= 0.3 is 5.69 Å². The summed E-state index contributed by atoms with van der Waals surface area (Å²) in [5, 5.41) is 18.7. The van der Waals surface area contributed by atoms with Gasteiger partial charge in [-0.05, 0) is 0 Å². The van der Waals surface area contributed by atoms with Crippen LogP contribution < -0.4 is 11.2 Å². The minimum Gasteiger partial charge on any atom is -0.394 e. The Bertz CT molecular complexity index is 717. The molecule has 1 aliphatic heterocycles. The van der Waals surface area contributed by atoms with Crippen LogP contribution in [0.3, 0.4) is 0 Å². The maximum atomic E-state index is 11.9. The normalized spacial score (nSPS) is 27.2. The standard InChI is InChI=1S/C10H12N4O5/c15-2-5-4(16)1-6(19-5)14-8-7(13-10(14)18)9(17)12-3-11-8/h3-6,15-16H,1-2H2,(H,13,18)(H,11,12,17)/t4-,5?,6-/m1/s1. The molecule has 0 amide bonds. The highest BCUT2D eigenvalue weighted by molar-refractivity contribution is 5.68. The lowest BCUT2D eigenvalue weighted by atomic mass is 10.2. The summed E-state index contributed by atoms with van der Waals surface area (Å²) in [6.07, 6.45) is -1.05. The van der Waals surface area contributed by atoms with E-state index < -0.39 is 29.7 Å². The van der Waals surface area contributed by atoms with E-state index in [1.165, 1.54) is 10.9 Å². The summed E-state index contributed by atoms with van der Waals surface area (Å²) in [4.78, 5) is 32.1. The van der Waals surface area contributed by atoms with Gasteiger partial charge in [0.1, 0.15) is 12.3 Å². The van der Waals surface area contributed by atoms with E-state index in [-0.39, 0.29) is 24.2 Å². The second-order valence-electron chi connectivity index (χ2n) is 4.35. The Morgan fingerprint density at radius 3 is 3.00 bits per heavy atom. The maximum Gasteiger partial charge on any atom is 0.329 e. The topological polar surface area (TPSA) is 133 Å². The molecular weight excluding hydrogens is 256 g/mol. The smallest absolute Gasteiger partial charge is 0.329 e. The van der Waals surface area contributed by atoms with E-state index in [1.807, 2.05) is 0 Å². The summed E-state index contributed by atoms with van der Waals surface area (Å²) < 4.78 is 6.56. The molecule has 3 heterocycles. The van der Waals surface area contributed by atoms with Crippen molar-refractivity contribution in [3.8, 4) is 0 Å². The number of aromatic amines is 2. The Balaban J connectivity index is 2.12. The highest BCUT2D eigenvalue weighted by atomic mass is 16.5.